The van der Waals surface area contributed by atoms with E-state index in [1.54, 1.807) is 0 Å². The molecule has 4 heteroatoms. The van der Waals surface area contributed by atoms with Crippen LogP contribution in [-0.4, -0.2) is 9.97 Å². The fourth-order valence-electron chi connectivity index (χ4n) is 0.846. The summed E-state index contributed by atoms with van der Waals surface area (Å²) in [6, 6.07) is 1.85. The summed E-state index contributed by atoms with van der Waals surface area (Å²) >= 11 is 0. The maximum atomic E-state index is 5.22. The van der Waals surface area contributed by atoms with Crippen LogP contribution in [0.3, 0.4) is 0 Å². The summed E-state index contributed by atoms with van der Waals surface area (Å²) in [5.74, 6) is 5.87. The third-order valence-electron chi connectivity index (χ3n) is 1.58. The standard InChI is InChI=1S/C8H14N4/c1-8(2,3)6-4-7(12-9)11-5-10-6/h4-5H,9H2,1-3H3,(H,10,11,12). The van der Waals surface area contributed by atoms with Gasteiger partial charge in [0.25, 0.3) is 0 Å². The van der Waals surface area contributed by atoms with Crippen molar-refractivity contribution in [2.45, 2.75) is 26.2 Å². The van der Waals surface area contributed by atoms with E-state index in [0.717, 1.165) is 5.69 Å². The Balaban J connectivity index is 3.02. The molecule has 1 heterocycles. The molecule has 0 bridgehead atoms. The largest absolute Gasteiger partial charge is 0.308 e. The number of nitrogens with zero attached hydrogens (tertiary/aromatic N) is 2. The number of anilines is 1. The van der Waals surface area contributed by atoms with E-state index >= 15 is 0 Å². The van der Waals surface area contributed by atoms with Crippen LogP contribution in [0.25, 0.3) is 0 Å². The van der Waals surface area contributed by atoms with Gasteiger partial charge in [0.2, 0.25) is 0 Å². The van der Waals surface area contributed by atoms with E-state index in [1.165, 1.54) is 6.33 Å². The maximum absolute atomic E-state index is 5.22. The number of hydrazine groups is 1. The predicted octanol–water partition coefficient (Wildman–Crippen LogP) is 1.06. The first kappa shape index (κ1) is 8.93. The lowest BCUT2D eigenvalue weighted by Crippen LogP contribution is -2.16. The minimum Gasteiger partial charge on any atom is -0.308 e. The van der Waals surface area contributed by atoms with Crippen molar-refractivity contribution in [2.75, 3.05) is 5.43 Å². The maximum Gasteiger partial charge on any atom is 0.143 e. The van der Waals surface area contributed by atoms with Crippen LogP contribution in [0.15, 0.2) is 12.4 Å². The zero-order valence-electron chi connectivity index (χ0n) is 7.63. The first-order chi connectivity index (χ1) is 5.54. The first-order valence-corrected chi connectivity index (χ1v) is 3.83. The summed E-state index contributed by atoms with van der Waals surface area (Å²) in [5, 5.41) is 0. The lowest BCUT2D eigenvalue weighted by atomic mass is 9.92. The Bertz CT molecular complexity index is 264. The summed E-state index contributed by atoms with van der Waals surface area (Å²) in [4.78, 5) is 8.08. The quantitative estimate of drug-likeness (QED) is 0.483. The van der Waals surface area contributed by atoms with Gasteiger partial charge in [0.05, 0.1) is 5.69 Å². The van der Waals surface area contributed by atoms with Gasteiger partial charge < -0.3 is 5.43 Å². The van der Waals surface area contributed by atoms with Gasteiger partial charge in [0.15, 0.2) is 0 Å². The van der Waals surface area contributed by atoms with Gasteiger partial charge in [-0.2, -0.15) is 0 Å². The lowest BCUT2D eigenvalue weighted by Gasteiger charge is -2.17. The number of hydrogen-bond donors (Lipinski definition) is 2. The minimum absolute atomic E-state index is 0.0362. The summed E-state index contributed by atoms with van der Waals surface area (Å²) in [6.45, 7) is 6.28. The van der Waals surface area contributed by atoms with Gasteiger partial charge in [0.1, 0.15) is 12.1 Å². The number of aromatic nitrogens is 2. The van der Waals surface area contributed by atoms with Crippen LogP contribution in [-0.2, 0) is 5.41 Å². The molecular formula is C8H14N4. The SMILES string of the molecule is CC(C)(C)c1cc(NN)ncn1. The van der Waals surface area contributed by atoms with Crippen molar-refractivity contribution in [3.05, 3.63) is 18.1 Å². The zero-order chi connectivity index (χ0) is 9.19. The van der Waals surface area contributed by atoms with Gasteiger partial charge in [-0.25, -0.2) is 15.8 Å². The van der Waals surface area contributed by atoms with Crippen molar-refractivity contribution in [2.24, 2.45) is 5.84 Å². The third-order valence-corrected chi connectivity index (χ3v) is 1.58. The summed E-state index contributed by atoms with van der Waals surface area (Å²) in [5.41, 5.74) is 3.50. The molecule has 0 aromatic carbocycles. The van der Waals surface area contributed by atoms with E-state index in [0.29, 0.717) is 5.82 Å². The second kappa shape index (κ2) is 3.06. The Labute approximate surface area is 72.2 Å². The van der Waals surface area contributed by atoms with Crippen LogP contribution in [0.5, 0.6) is 0 Å². The number of nitrogens with two attached hydrogens (primary N) is 1. The van der Waals surface area contributed by atoms with Gasteiger partial charge in [-0.3, -0.25) is 0 Å². The highest BCUT2D eigenvalue weighted by Gasteiger charge is 2.15. The van der Waals surface area contributed by atoms with Crippen LogP contribution in [0.4, 0.5) is 5.82 Å². The van der Waals surface area contributed by atoms with Crippen LogP contribution in [0.1, 0.15) is 26.5 Å². The molecular weight excluding hydrogens is 152 g/mol. The average Bonchev–Trinajstić information content (AvgIpc) is 2.03. The second-order valence-electron chi connectivity index (χ2n) is 3.68. The van der Waals surface area contributed by atoms with E-state index < -0.39 is 0 Å². The van der Waals surface area contributed by atoms with Crippen molar-refractivity contribution in [1.82, 2.24) is 9.97 Å². The highest BCUT2D eigenvalue weighted by Crippen LogP contribution is 2.20. The Hall–Kier alpha value is -1.16. The van der Waals surface area contributed by atoms with Crippen LogP contribution < -0.4 is 11.3 Å². The fraction of sp³-hybridized carbons (Fsp3) is 0.500. The van der Waals surface area contributed by atoms with Crippen molar-refractivity contribution < 1.29 is 0 Å². The van der Waals surface area contributed by atoms with Crippen LogP contribution in [0, 0.1) is 0 Å². The van der Waals surface area contributed by atoms with Crippen LogP contribution >= 0.6 is 0 Å². The predicted molar refractivity (Wildman–Crippen MR) is 48.5 cm³/mol. The van der Waals surface area contributed by atoms with Crippen LogP contribution in [0.2, 0.25) is 0 Å². The molecule has 0 fully saturated rings. The third kappa shape index (κ3) is 1.92. The molecule has 0 spiro atoms. The smallest absolute Gasteiger partial charge is 0.143 e. The second-order valence-corrected chi connectivity index (χ2v) is 3.68. The summed E-state index contributed by atoms with van der Waals surface area (Å²) in [7, 11) is 0. The van der Waals surface area contributed by atoms with Gasteiger partial charge in [-0.05, 0) is 0 Å². The molecule has 4 nitrogen and oxygen atoms in total. The van der Waals surface area contributed by atoms with Gasteiger partial charge in [-0.1, -0.05) is 20.8 Å². The van der Waals surface area contributed by atoms with Gasteiger partial charge in [0, 0.05) is 11.5 Å². The van der Waals surface area contributed by atoms with Gasteiger partial charge >= 0.3 is 0 Å². The Morgan fingerprint density at radius 1 is 1.33 bits per heavy atom. The molecule has 0 unspecified atom stereocenters. The normalized spacial score (nSPS) is 11.3. The number of nitrogen functional groups attached to an aromatic ring is 1. The van der Waals surface area contributed by atoms with Crippen molar-refractivity contribution in [3.8, 4) is 0 Å². The Morgan fingerprint density at radius 3 is 2.50 bits per heavy atom. The molecule has 0 aliphatic rings. The molecule has 0 saturated carbocycles. The Morgan fingerprint density at radius 2 is 2.00 bits per heavy atom. The molecule has 12 heavy (non-hydrogen) atoms. The van der Waals surface area contributed by atoms with Gasteiger partial charge in [-0.15, -0.1) is 0 Å². The highest BCUT2D eigenvalue weighted by molar-refractivity contribution is 5.34. The molecule has 1 aromatic rings. The minimum atomic E-state index is 0.0362. The topological polar surface area (TPSA) is 63.8 Å². The number of hydrogen-bond acceptors (Lipinski definition) is 4. The molecule has 0 aliphatic heterocycles. The summed E-state index contributed by atoms with van der Waals surface area (Å²) in [6.07, 6.45) is 1.51. The first-order valence-electron chi connectivity index (χ1n) is 3.83. The van der Waals surface area contributed by atoms with Crippen molar-refractivity contribution in [1.29, 1.82) is 0 Å². The molecule has 1 rings (SSSR count). The lowest BCUT2D eigenvalue weighted by molar-refractivity contribution is 0.567. The van der Waals surface area contributed by atoms with Crippen molar-refractivity contribution >= 4 is 5.82 Å². The van der Waals surface area contributed by atoms with E-state index in [4.69, 9.17) is 5.84 Å². The molecule has 0 amide bonds. The molecule has 66 valence electrons. The van der Waals surface area contributed by atoms with Crippen molar-refractivity contribution in [3.63, 3.8) is 0 Å². The molecule has 0 saturated heterocycles. The fourth-order valence-corrected chi connectivity index (χ4v) is 0.846. The number of nitrogens with one attached hydrogen (secondary N) is 1. The molecule has 0 atom stereocenters. The Kier molecular flexibility index (Phi) is 2.28. The number of rotatable bonds is 1. The van der Waals surface area contributed by atoms with E-state index in [9.17, 15) is 0 Å². The molecule has 3 N–H and O–H groups in total. The monoisotopic (exact) mass is 166 g/mol. The van der Waals surface area contributed by atoms with E-state index in [-0.39, 0.29) is 5.41 Å². The molecule has 1 aromatic heterocycles. The zero-order valence-corrected chi connectivity index (χ0v) is 7.63. The molecule has 0 radical (unpaired) electrons. The average molecular weight is 166 g/mol. The summed E-state index contributed by atoms with van der Waals surface area (Å²) < 4.78 is 0. The van der Waals surface area contributed by atoms with E-state index in [1.807, 2.05) is 6.07 Å². The molecule has 0 aliphatic carbocycles. The van der Waals surface area contributed by atoms with E-state index in [2.05, 4.69) is 36.2 Å². The highest BCUT2D eigenvalue weighted by atomic mass is 15.3.